The van der Waals surface area contributed by atoms with Crippen LogP contribution in [0.25, 0.3) is 10.8 Å². The number of nitrogens with one attached hydrogen (secondary N) is 1. The lowest BCUT2D eigenvalue weighted by atomic mass is 10.1. The highest BCUT2D eigenvalue weighted by molar-refractivity contribution is 7.89. The van der Waals surface area contributed by atoms with Gasteiger partial charge in [0.15, 0.2) is 0 Å². The van der Waals surface area contributed by atoms with Gasteiger partial charge >= 0.3 is 0 Å². The van der Waals surface area contributed by atoms with Crippen molar-refractivity contribution in [2.75, 3.05) is 6.54 Å². The molecule has 1 N–H and O–H groups in total. The van der Waals surface area contributed by atoms with E-state index in [0.29, 0.717) is 17.9 Å². The van der Waals surface area contributed by atoms with Crippen molar-refractivity contribution in [2.45, 2.75) is 11.3 Å². The van der Waals surface area contributed by atoms with Crippen molar-refractivity contribution in [3.05, 3.63) is 64.9 Å². The molecule has 108 valence electrons. The molecule has 5 heteroatoms. The standard InChI is InChI=1S/C16H15NO2S2/c18-21(19,17-10-8-13-9-11-20-12-13)16-7-3-5-14-4-1-2-6-15(14)16/h1-7,9,11-12,17H,8,10H2. The molecule has 2 aromatic carbocycles. The van der Waals surface area contributed by atoms with E-state index in [2.05, 4.69) is 4.72 Å². The lowest BCUT2D eigenvalue weighted by Crippen LogP contribution is -2.26. The van der Waals surface area contributed by atoms with Crippen molar-refractivity contribution in [3.63, 3.8) is 0 Å². The first-order chi connectivity index (χ1) is 10.2. The van der Waals surface area contributed by atoms with Crippen LogP contribution >= 0.6 is 11.3 Å². The Kier molecular flexibility index (Phi) is 4.05. The van der Waals surface area contributed by atoms with E-state index in [9.17, 15) is 8.42 Å². The molecule has 0 saturated carbocycles. The fourth-order valence-corrected chi connectivity index (χ4v) is 4.23. The van der Waals surface area contributed by atoms with Crippen molar-refractivity contribution < 1.29 is 8.42 Å². The van der Waals surface area contributed by atoms with Crippen molar-refractivity contribution in [3.8, 4) is 0 Å². The van der Waals surface area contributed by atoms with Gasteiger partial charge in [0.1, 0.15) is 0 Å². The van der Waals surface area contributed by atoms with Gasteiger partial charge in [-0.1, -0.05) is 36.4 Å². The molecule has 0 amide bonds. The summed E-state index contributed by atoms with van der Waals surface area (Å²) in [6, 6.07) is 14.9. The average Bonchev–Trinajstić information content (AvgIpc) is 3.00. The molecule has 3 rings (SSSR count). The van der Waals surface area contributed by atoms with Crippen molar-refractivity contribution >= 4 is 32.1 Å². The summed E-state index contributed by atoms with van der Waals surface area (Å²) in [6.45, 7) is 0.405. The Morgan fingerprint density at radius 3 is 2.62 bits per heavy atom. The van der Waals surface area contributed by atoms with Crippen LogP contribution in [0.4, 0.5) is 0 Å². The zero-order chi connectivity index (χ0) is 14.7. The predicted molar refractivity (Wildman–Crippen MR) is 87.2 cm³/mol. The monoisotopic (exact) mass is 317 g/mol. The molecule has 0 fully saturated rings. The summed E-state index contributed by atoms with van der Waals surface area (Å²) in [6.07, 6.45) is 0.702. The number of hydrogen-bond acceptors (Lipinski definition) is 3. The van der Waals surface area contributed by atoms with Crippen molar-refractivity contribution in [1.29, 1.82) is 0 Å². The summed E-state index contributed by atoms with van der Waals surface area (Å²) >= 11 is 1.62. The fourth-order valence-electron chi connectivity index (χ4n) is 2.27. The maximum absolute atomic E-state index is 12.5. The summed E-state index contributed by atoms with van der Waals surface area (Å²) in [7, 11) is -3.49. The van der Waals surface area contributed by atoms with E-state index in [1.165, 1.54) is 0 Å². The second-order valence-corrected chi connectivity index (χ2v) is 7.27. The first kappa shape index (κ1) is 14.3. The summed E-state index contributed by atoms with van der Waals surface area (Å²) in [4.78, 5) is 0.339. The van der Waals surface area contributed by atoms with Gasteiger partial charge in [-0.3, -0.25) is 0 Å². The van der Waals surface area contributed by atoms with E-state index in [1.54, 1.807) is 23.5 Å². The number of fused-ring (bicyclic) bond motifs is 1. The van der Waals surface area contributed by atoms with Gasteiger partial charge < -0.3 is 0 Å². The van der Waals surface area contributed by atoms with Gasteiger partial charge in [0, 0.05) is 11.9 Å². The maximum Gasteiger partial charge on any atom is 0.241 e. The minimum absolute atomic E-state index is 0.339. The van der Waals surface area contributed by atoms with Crippen molar-refractivity contribution in [2.24, 2.45) is 0 Å². The molecule has 0 aliphatic carbocycles. The van der Waals surface area contributed by atoms with E-state index in [-0.39, 0.29) is 0 Å². The molecular weight excluding hydrogens is 302 g/mol. The first-order valence-corrected chi connectivity index (χ1v) is 9.08. The normalized spacial score (nSPS) is 11.8. The topological polar surface area (TPSA) is 46.2 Å². The highest BCUT2D eigenvalue weighted by atomic mass is 32.2. The number of thiophene rings is 1. The molecule has 3 aromatic rings. The van der Waals surface area contributed by atoms with Crippen LogP contribution in [-0.2, 0) is 16.4 Å². The van der Waals surface area contributed by atoms with Gasteiger partial charge in [-0.15, -0.1) is 0 Å². The third-order valence-corrected chi connectivity index (χ3v) is 5.58. The molecule has 0 saturated heterocycles. The van der Waals surface area contributed by atoms with E-state index < -0.39 is 10.0 Å². The van der Waals surface area contributed by atoms with Gasteiger partial charge in [-0.05, 0) is 40.3 Å². The lowest BCUT2D eigenvalue weighted by Gasteiger charge is -2.09. The predicted octanol–water partition coefficient (Wildman–Crippen LogP) is 3.42. The maximum atomic E-state index is 12.5. The van der Waals surface area contributed by atoms with Crippen LogP contribution in [0.2, 0.25) is 0 Å². The first-order valence-electron chi connectivity index (χ1n) is 6.65. The molecule has 1 aromatic heterocycles. The molecule has 0 unspecified atom stereocenters. The van der Waals surface area contributed by atoms with Gasteiger partial charge in [0.2, 0.25) is 10.0 Å². The summed E-state index contributed by atoms with van der Waals surface area (Å²) in [5.41, 5.74) is 1.15. The van der Waals surface area contributed by atoms with Gasteiger partial charge in [-0.25, -0.2) is 13.1 Å². The molecule has 0 aliphatic rings. The number of hydrogen-bond donors (Lipinski definition) is 1. The smallest absolute Gasteiger partial charge is 0.211 e. The molecule has 0 atom stereocenters. The Morgan fingerprint density at radius 2 is 1.81 bits per heavy atom. The molecular formula is C16H15NO2S2. The minimum atomic E-state index is -3.49. The molecule has 3 nitrogen and oxygen atoms in total. The van der Waals surface area contributed by atoms with E-state index in [4.69, 9.17) is 0 Å². The van der Waals surface area contributed by atoms with Crippen LogP contribution in [0.1, 0.15) is 5.56 Å². The fraction of sp³-hybridized carbons (Fsp3) is 0.125. The summed E-state index contributed by atoms with van der Waals surface area (Å²) in [5.74, 6) is 0. The molecule has 21 heavy (non-hydrogen) atoms. The Labute approximate surface area is 128 Å². The molecule has 0 radical (unpaired) electrons. The summed E-state index contributed by atoms with van der Waals surface area (Å²) in [5, 5.41) is 5.71. The third-order valence-electron chi connectivity index (χ3n) is 3.33. The van der Waals surface area contributed by atoms with Gasteiger partial charge in [-0.2, -0.15) is 11.3 Å². The Bertz CT molecular complexity index is 834. The quantitative estimate of drug-likeness (QED) is 0.784. The van der Waals surface area contributed by atoms with Gasteiger partial charge in [0.25, 0.3) is 0 Å². The number of sulfonamides is 1. The van der Waals surface area contributed by atoms with Crippen LogP contribution in [-0.4, -0.2) is 15.0 Å². The second kappa shape index (κ2) is 5.97. The lowest BCUT2D eigenvalue weighted by molar-refractivity contribution is 0.582. The second-order valence-electron chi connectivity index (χ2n) is 4.76. The highest BCUT2D eigenvalue weighted by Gasteiger charge is 2.16. The Morgan fingerprint density at radius 1 is 1.00 bits per heavy atom. The van der Waals surface area contributed by atoms with Crippen LogP contribution in [0.3, 0.4) is 0 Å². The number of benzene rings is 2. The van der Waals surface area contributed by atoms with Crippen molar-refractivity contribution in [1.82, 2.24) is 4.72 Å². The van der Waals surface area contributed by atoms with E-state index in [1.807, 2.05) is 47.2 Å². The molecule has 0 spiro atoms. The van der Waals surface area contributed by atoms with Crippen LogP contribution < -0.4 is 4.72 Å². The Hall–Kier alpha value is -1.69. The SMILES string of the molecule is O=S(=O)(NCCc1ccsc1)c1cccc2ccccc12. The van der Waals surface area contributed by atoms with Crippen LogP contribution in [0, 0.1) is 0 Å². The zero-order valence-corrected chi connectivity index (χ0v) is 13.0. The average molecular weight is 317 g/mol. The summed E-state index contributed by atoms with van der Waals surface area (Å²) < 4.78 is 27.6. The zero-order valence-electron chi connectivity index (χ0n) is 11.3. The third kappa shape index (κ3) is 3.15. The molecule has 0 aliphatic heterocycles. The van der Waals surface area contributed by atoms with E-state index >= 15 is 0 Å². The van der Waals surface area contributed by atoms with Crippen LogP contribution in [0.5, 0.6) is 0 Å². The number of rotatable bonds is 5. The van der Waals surface area contributed by atoms with E-state index in [0.717, 1.165) is 16.3 Å². The largest absolute Gasteiger partial charge is 0.241 e. The Balaban J connectivity index is 1.83. The minimum Gasteiger partial charge on any atom is -0.211 e. The van der Waals surface area contributed by atoms with Crippen LogP contribution in [0.15, 0.2) is 64.2 Å². The highest BCUT2D eigenvalue weighted by Crippen LogP contribution is 2.22. The van der Waals surface area contributed by atoms with Gasteiger partial charge in [0.05, 0.1) is 4.90 Å². The molecule has 0 bridgehead atoms. The molecule has 1 heterocycles.